The first kappa shape index (κ1) is 26.1. The van der Waals surface area contributed by atoms with Gasteiger partial charge in [-0.15, -0.1) is 0 Å². The first-order valence-corrected chi connectivity index (χ1v) is 13.8. The zero-order chi connectivity index (χ0) is 26.8. The number of esters is 1. The van der Waals surface area contributed by atoms with E-state index in [1.54, 1.807) is 19.2 Å². The number of hydrogen-bond acceptors (Lipinski definition) is 6. The summed E-state index contributed by atoms with van der Waals surface area (Å²) in [6.45, 7) is 6.39. The largest absolute Gasteiger partial charge is 0.508 e. The van der Waals surface area contributed by atoms with E-state index in [9.17, 15) is 9.90 Å². The number of phenols is 1. The average molecular weight is 515 g/mol. The van der Waals surface area contributed by atoms with Crippen molar-refractivity contribution in [1.29, 1.82) is 0 Å². The normalized spacial score (nSPS) is 22.9. The Morgan fingerprint density at radius 3 is 2.45 bits per heavy atom. The Hall–Kier alpha value is -3.54. The second-order valence-electron chi connectivity index (χ2n) is 10.7. The Balaban J connectivity index is 1.64. The molecule has 2 aliphatic carbocycles. The van der Waals surface area contributed by atoms with Crippen LogP contribution >= 0.6 is 0 Å². The molecule has 5 rings (SSSR count). The van der Waals surface area contributed by atoms with Gasteiger partial charge in [-0.25, -0.2) is 4.79 Å². The summed E-state index contributed by atoms with van der Waals surface area (Å²) in [5, 5.41) is 18.6. The van der Waals surface area contributed by atoms with Gasteiger partial charge in [0, 0.05) is 29.3 Å². The molecule has 2 unspecified atom stereocenters. The number of hydrogen-bond donors (Lipinski definition) is 2. The Bertz CT molecular complexity index is 1300. The molecule has 2 N–H and O–H groups in total. The van der Waals surface area contributed by atoms with Crippen molar-refractivity contribution in [1.82, 2.24) is 5.32 Å². The van der Waals surface area contributed by atoms with Gasteiger partial charge in [0.25, 0.3) is 0 Å². The molecule has 0 bridgehead atoms. The summed E-state index contributed by atoms with van der Waals surface area (Å²) in [5.74, 6) is -0.296. The summed E-state index contributed by atoms with van der Waals surface area (Å²) in [6, 6.07) is 13.6. The van der Waals surface area contributed by atoms with E-state index in [2.05, 4.69) is 49.4 Å². The predicted octanol–water partition coefficient (Wildman–Crippen LogP) is 6.68. The molecule has 0 spiro atoms. The van der Waals surface area contributed by atoms with Crippen molar-refractivity contribution in [2.24, 2.45) is 5.16 Å². The lowest BCUT2D eigenvalue weighted by Gasteiger charge is -2.39. The molecule has 1 saturated carbocycles. The van der Waals surface area contributed by atoms with Gasteiger partial charge in [-0.2, -0.15) is 0 Å². The molecule has 2 aromatic rings. The Labute approximate surface area is 225 Å². The fourth-order valence-corrected chi connectivity index (χ4v) is 6.62. The van der Waals surface area contributed by atoms with E-state index in [0.29, 0.717) is 18.4 Å². The first-order chi connectivity index (χ1) is 18.4. The van der Waals surface area contributed by atoms with Gasteiger partial charge in [-0.1, -0.05) is 42.4 Å². The smallest absolute Gasteiger partial charge is 0.337 e. The number of carbonyl (C=O) groups is 1. The molecule has 1 aliphatic heterocycles. The summed E-state index contributed by atoms with van der Waals surface area (Å²) in [5.41, 5.74) is 9.04. The molecule has 38 heavy (non-hydrogen) atoms. The fourth-order valence-electron chi connectivity index (χ4n) is 6.62. The van der Waals surface area contributed by atoms with Crippen LogP contribution in [0.25, 0.3) is 0 Å². The second-order valence-corrected chi connectivity index (χ2v) is 10.7. The van der Waals surface area contributed by atoms with Gasteiger partial charge in [0.15, 0.2) is 0 Å². The van der Waals surface area contributed by atoms with E-state index in [1.165, 1.54) is 16.7 Å². The maximum absolute atomic E-state index is 13.8. The van der Waals surface area contributed by atoms with Crippen molar-refractivity contribution in [3.05, 3.63) is 87.3 Å². The molecule has 200 valence electrons. The third-order valence-electron chi connectivity index (χ3n) is 8.24. The molecule has 2 atom stereocenters. The third-order valence-corrected chi connectivity index (χ3v) is 8.24. The number of rotatable bonds is 6. The molecule has 6 nitrogen and oxygen atoms in total. The molecule has 0 radical (unpaired) electrons. The monoisotopic (exact) mass is 514 g/mol. The number of phenolic OH excluding ortho intramolecular Hbond substituents is 1. The molecule has 2 aromatic carbocycles. The molecule has 1 heterocycles. The summed E-state index contributed by atoms with van der Waals surface area (Å²) in [4.78, 5) is 19.2. The van der Waals surface area contributed by atoms with Crippen LogP contribution in [0.5, 0.6) is 5.75 Å². The number of nitrogens with one attached hydrogen (secondary N) is 1. The average Bonchev–Trinajstić information content (AvgIpc) is 3.40. The van der Waals surface area contributed by atoms with Crippen LogP contribution in [-0.2, 0) is 14.4 Å². The van der Waals surface area contributed by atoms with E-state index in [0.717, 1.165) is 60.3 Å². The van der Waals surface area contributed by atoms with Crippen molar-refractivity contribution in [2.45, 2.75) is 83.7 Å². The number of aryl methyl sites for hydroxylation is 2. The van der Waals surface area contributed by atoms with Gasteiger partial charge < -0.3 is 20.0 Å². The molecule has 1 fully saturated rings. The lowest BCUT2D eigenvalue weighted by Crippen LogP contribution is -2.37. The summed E-state index contributed by atoms with van der Waals surface area (Å²) < 4.78 is 6.07. The number of carbonyl (C=O) groups excluding carboxylic acids is 1. The molecular weight excluding hydrogens is 476 g/mol. The number of allylic oxidation sites excluding steroid dienone is 3. The lowest BCUT2D eigenvalue weighted by atomic mass is 9.70. The van der Waals surface area contributed by atoms with Crippen LogP contribution in [0.15, 0.2) is 70.2 Å². The quantitative estimate of drug-likeness (QED) is 0.332. The summed E-state index contributed by atoms with van der Waals surface area (Å²) in [7, 11) is 1.57. The highest BCUT2D eigenvalue weighted by atomic mass is 16.6. The summed E-state index contributed by atoms with van der Waals surface area (Å²) in [6.07, 6.45) is 6.11. The highest BCUT2D eigenvalue weighted by Crippen LogP contribution is 2.48. The first-order valence-electron chi connectivity index (χ1n) is 13.8. The standard InChI is InChI=1S/C32H38N2O4/c1-5-25-31(32(36)38-24-14-6-7-15-24)29(21-12-9-13-23(35)16-21)30-26(33-25)17-22(18-27(30)34-37-4)28-19(2)10-8-11-20(28)3/h8-13,16,22,24,29,33,35H,5-7,14-15,17-18H2,1-4H3. The van der Waals surface area contributed by atoms with Crippen molar-refractivity contribution >= 4 is 11.7 Å². The maximum Gasteiger partial charge on any atom is 0.337 e. The second kappa shape index (κ2) is 11.1. The molecule has 3 aliphatic rings. The van der Waals surface area contributed by atoms with Crippen LogP contribution in [0.1, 0.15) is 86.0 Å². The van der Waals surface area contributed by atoms with E-state index in [-0.39, 0.29) is 23.7 Å². The zero-order valence-corrected chi connectivity index (χ0v) is 22.8. The van der Waals surface area contributed by atoms with E-state index in [4.69, 9.17) is 9.57 Å². The lowest BCUT2D eigenvalue weighted by molar-refractivity contribution is -0.144. The molecular formula is C32H38N2O4. The SMILES string of the molecule is CCC1=C(C(=O)OC2CCCC2)C(c2cccc(O)c2)C2=C(CC(c3c(C)cccc3C)CC2=NOC)N1. The Morgan fingerprint density at radius 1 is 1.08 bits per heavy atom. The van der Waals surface area contributed by atoms with Crippen LogP contribution in [0, 0.1) is 13.8 Å². The van der Waals surface area contributed by atoms with Crippen molar-refractivity contribution in [2.75, 3.05) is 7.11 Å². The number of ether oxygens (including phenoxy) is 1. The van der Waals surface area contributed by atoms with E-state index in [1.807, 2.05) is 12.1 Å². The number of oxime groups is 1. The van der Waals surface area contributed by atoms with E-state index >= 15 is 0 Å². The highest BCUT2D eigenvalue weighted by Gasteiger charge is 2.42. The van der Waals surface area contributed by atoms with Crippen LogP contribution in [0.2, 0.25) is 0 Å². The third kappa shape index (κ3) is 4.96. The Morgan fingerprint density at radius 2 is 1.79 bits per heavy atom. The van der Waals surface area contributed by atoms with Gasteiger partial charge in [0.2, 0.25) is 0 Å². The summed E-state index contributed by atoms with van der Waals surface area (Å²) >= 11 is 0. The Kier molecular flexibility index (Phi) is 7.59. The molecule has 0 saturated heterocycles. The number of nitrogens with zero attached hydrogens (tertiary/aromatic N) is 1. The molecule has 0 amide bonds. The number of dihydropyridines is 1. The van der Waals surface area contributed by atoms with Gasteiger partial charge in [-0.05, 0) is 92.7 Å². The maximum atomic E-state index is 13.8. The number of aromatic hydroxyl groups is 1. The van der Waals surface area contributed by atoms with Gasteiger partial charge in [-0.3, -0.25) is 0 Å². The predicted molar refractivity (Wildman–Crippen MR) is 149 cm³/mol. The minimum Gasteiger partial charge on any atom is -0.508 e. The van der Waals surface area contributed by atoms with Crippen molar-refractivity contribution < 1.29 is 19.5 Å². The van der Waals surface area contributed by atoms with Crippen LogP contribution < -0.4 is 5.32 Å². The highest BCUT2D eigenvalue weighted by molar-refractivity contribution is 6.07. The van der Waals surface area contributed by atoms with Crippen LogP contribution in [0.4, 0.5) is 0 Å². The zero-order valence-electron chi connectivity index (χ0n) is 22.8. The number of benzene rings is 2. The fraction of sp³-hybridized carbons (Fsp3) is 0.438. The minimum atomic E-state index is -0.407. The van der Waals surface area contributed by atoms with Crippen LogP contribution in [0.3, 0.4) is 0 Å². The van der Waals surface area contributed by atoms with E-state index < -0.39 is 5.92 Å². The topological polar surface area (TPSA) is 80.2 Å². The van der Waals surface area contributed by atoms with Gasteiger partial charge in [0.1, 0.15) is 19.0 Å². The minimum absolute atomic E-state index is 0.0415. The van der Waals surface area contributed by atoms with Crippen molar-refractivity contribution in [3.8, 4) is 5.75 Å². The molecule has 6 heteroatoms. The van der Waals surface area contributed by atoms with Gasteiger partial charge in [0.05, 0.1) is 11.3 Å². The van der Waals surface area contributed by atoms with Crippen LogP contribution in [-0.4, -0.2) is 30.0 Å². The van der Waals surface area contributed by atoms with Gasteiger partial charge >= 0.3 is 5.97 Å². The van der Waals surface area contributed by atoms with Crippen molar-refractivity contribution in [3.63, 3.8) is 0 Å². The molecule has 0 aromatic heterocycles.